The van der Waals surface area contributed by atoms with Gasteiger partial charge in [-0.1, -0.05) is 146 Å². The molecule has 0 radical (unpaired) electrons. The van der Waals surface area contributed by atoms with Gasteiger partial charge in [-0.2, -0.15) is 0 Å². The third-order valence-electron chi connectivity index (χ3n) is 8.92. The highest BCUT2D eigenvalue weighted by molar-refractivity contribution is 5.99. The summed E-state index contributed by atoms with van der Waals surface area (Å²) >= 11 is 0. The second-order valence-electron chi connectivity index (χ2n) is 11.6. The van der Waals surface area contributed by atoms with Crippen molar-refractivity contribution in [1.82, 2.24) is 15.0 Å². The molecule has 0 aliphatic heterocycles. The molecular formula is C44H35N3. The van der Waals surface area contributed by atoms with Crippen molar-refractivity contribution in [2.45, 2.75) is 18.3 Å². The summed E-state index contributed by atoms with van der Waals surface area (Å²) in [6.07, 6.45) is 25.6. The largest absolute Gasteiger partial charge is 0.213 e. The normalized spacial score (nSPS) is 14.6. The van der Waals surface area contributed by atoms with Crippen LogP contribution in [-0.4, -0.2) is 15.0 Å². The lowest BCUT2D eigenvalue weighted by atomic mass is 9.75. The highest BCUT2D eigenvalue weighted by Gasteiger charge is 2.40. The van der Waals surface area contributed by atoms with Crippen LogP contribution in [0.2, 0.25) is 0 Å². The summed E-state index contributed by atoms with van der Waals surface area (Å²) in [5.74, 6) is 1.99. The van der Waals surface area contributed by atoms with Crippen LogP contribution in [0.1, 0.15) is 29.2 Å². The zero-order valence-electron chi connectivity index (χ0n) is 26.3. The Morgan fingerprint density at radius 3 is 2.15 bits per heavy atom. The van der Waals surface area contributed by atoms with E-state index < -0.39 is 5.41 Å². The molecule has 0 bridgehead atoms. The van der Waals surface area contributed by atoms with Crippen molar-refractivity contribution in [2.75, 3.05) is 0 Å². The average Bonchev–Trinajstić information content (AvgIpc) is 3.23. The standard InChI is InChI=1S/C44H35N3/c1-4-7-8-9-14-28-40-45-42(31-20-12-10-11-13-21-31)47-43(46-40)38-30-33-23-16-15-22-32(33)29-37(38)36-26-19-25-35-34-24-17-18-27-39(34)44(5-2,6-3)41(35)36/h4-10,12-27,29-30H,1-3,11,28H2/b8-7-,14-9-. The quantitative estimate of drug-likeness (QED) is 0.124. The van der Waals surface area contributed by atoms with E-state index in [4.69, 9.17) is 15.0 Å². The maximum atomic E-state index is 5.16. The van der Waals surface area contributed by atoms with Gasteiger partial charge in [0.15, 0.2) is 11.6 Å². The fourth-order valence-electron chi connectivity index (χ4n) is 6.70. The molecule has 0 saturated heterocycles. The number of hydrogen-bond donors (Lipinski definition) is 0. The van der Waals surface area contributed by atoms with Crippen molar-refractivity contribution in [3.8, 4) is 33.6 Å². The van der Waals surface area contributed by atoms with Crippen molar-refractivity contribution in [3.05, 3.63) is 194 Å². The Morgan fingerprint density at radius 2 is 1.36 bits per heavy atom. The lowest BCUT2D eigenvalue weighted by Gasteiger charge is -2.27. The molecule has 47 heavy (non-hydrogen) atoms. The minimum atomic E-state index is -0.549. The van der Waals surface area contributed by atoms with Gasteiger partial charge in [0.2, 0.25) is 0 Å². The zero-order valence-corrected chi connectivity index (χ0v) is 26.3. The first-order valence-electron chi connectivity index (χ1n) is 15.9. The Bertz CT molecular complexity index is 2200. The number of benzene rings is 4. The maximum absolute atomic E-state index is 5.16. The number of rotatable bonds is 9. The van der Waals surface area contributed by atoms with Gasteiger partial charge in [0.05, 0.1) is 5.41 Å². The van der Waals surface area contributed by atoms with Crippen molar-refractivity contribution in [3.63, 3.8) is 0 Å². The van der Waals surface area contributed by atoms with Crippen LogP contribution in [0, 0.1) is 0 Å². The van der Waals surface area contributed by atoms with Crippen LogP contribution in [0.15, 0.2) is 172 Å². The number of allylic oxidation sites excluding steroid dienone is 13. The first-order valence-corrected chi connectivity index (χ1v) is 15.9. The molecule has 1 heterocycles. The Balaban J connectivity index is 1.50. The molecule has 0 fully saturated rings. The maximum Gasteiger partial charge on any atom is 0.164 e. The molecule has 0 unspecified atom stereocenters. The van der Waals surface area contributed by atoms with Crippen LogP contribution in [-0.2, 0) is 11.8 Å². The first kappa shape index (κ1) is 29.8. The lowest BCUT2D eigenvalue weighted by molar-refractivity contribution is 0.852. The van der Waals surface area contributed by atoms with Crippen LogP contribution in [0.4, 0.5) is 0 Å². The van der Waals surface area contributed by atoms with E-state index in [0.717, 1.165) is 39.5 Å². The molecule has 3 heteroatoms. The molecule has 0 atom stereocenters. The number of aromatic nitrogens is 3. The SMILES string of the molecule is C=C/C=C\C=C/Cc1nc(C2=CC=CCC=C2)nc(-c2cc3ccccc3cc2-c2cccc3c2C(C=C)(C=C)c2ccccc2-3)n1. The zero-order chi connectivity index (χ0) is 32.2. The van der Waals surface area contributed by atoms with Crippen molar-refractivity contribution in [1.29, 1.82) is 0 Å². The second-order valence-corrected chi connectivity index (χ2v) is 11.6. The molecule has 3 nitrogen and oxygen atoms in total. The Kier molecular flexibility index (Phi) is 8.12. The monoisotopic (exact) mass is 605 g/mol. The van der Waals surface area contributed by atoms with Gasteiger partial charge in [-0.05, 0) is 62.7 Å². The Labute approximate surface area is 276 Å². The number of fused-ring (bicyclic) bond motifs is 4. The molecule has 2 aliphatic rings. The Morgan fingerprint density at radius 1 is 0.660 bits per heavy atom. The molecule has 226 valence electrons. The van der Waals surface area contributed by atoms with Gasteiger partial charge < -0.3 is 0 Å². The molecule has 2 aliphatic carbocycles. The highest BCUT2D eigenvalue weighted by atomic mass is 15.0. The molecule has 0 amide bonds. The molecule has 0 N–H and O–H groups in total. The van der Waals surface area contributed by atoms with Crippen molar-refractivity contribution >= 4 is 16.3 Å². The third kappa shape index (κ3) is 5.36. The number of hydrogen-bond acceptors (Lipinski definition) is 3. The molecule has 1 aromatic heterocycles. The van der Waals surface area contributed by atoms with E-state index >= 15 is 0 Å². The second kappa shape index (κ2) is 12.8. The fraction of sp³-hybridized carbons (Fsp3) is 0.0682. The topological polar surface area (TPSA) is 38.7 Å². The molecule has 7 rings (SSSR count). The minimum absolute atomic E-state index is 0.549. The van der Waals surface area contributed by atoms with Gasteiger partial charge in [0, 0.05) is 17.6 Å². The van der Waals surface area contributed by atoms with Gasteiger partial charge in [0.25, 0.3) is 0 Å². The summed E-state index contributed by atoms with van der Waals surface area (Å²) in [5.41, 5.74) is 8.27. The lowest BCUT2D eigenvalue weighted by Crippen LogP contribution is -2.19. The third-order valence-corrected chi connectivity index (χ3v) is 8.92. The number of nitrogens with zero attached hydrogens (tertiary/aromatic N) is 3. The minimum Gasteiger partial charge on any atom is -0.213 e. The van der Waals surface area contributed by atoms with Crippen LogP contribution in [0.3, 0.4) is 0 Å². The van der Waals surface area contributed by atoms with Crippen LogP contribution in [0.5, 0.6) is 0 Å². The summed E-state index contributed by atoms with van der Waals surface area (Å²) in [6, 6.07) is 28.1. The first-order chi connectivity index (χ1) is 23.2. The molecule has 0 spiro atoms. The average molecular weight is 606 g/mol. The smallest absolute Gasteiger partial charge is 0.164 e. The molecular weight excluding hydrogens is 571 g/mol. The summed E-state index contributed by atoms with van der Waals surface area (Å²) in [4.78, 5) is 15.2. The predicted octanol–water partition coefficient (Wildman–Crippen LogP) is 10.7. The van der Waals surface area contributed by atoms with Crippen LogP contribution < -0.4 is 0 Å². The predicted molar refractivity (Wildman–Crippen MR) is 198 cm³/mol. The van der Waals surface area contributed by atoms with E-state index in [-0.39, 0.29) is 0 Å². The molecule has 0 saturated carbocycles. The Hall–Kier alpha value is -5.93. The molecule has 5 aromatic rings. The van der Waals surface area contributed by atoms with Crippen molar-refractivity contribution < 1.29 is 0 Å². The highest BCUT2D eigenvalue weighted by Crippen LogP contribution is 2.54. The summed E-state index contributed by atoms with van der Waals surface area (Å²) in [6.45, 7) is 12.4. The van der Waals surface area contributed by atoms with E-state index in [1.807, 2.05) is 30.4 Å². The summed E-state index contributed by atoms with van der Waals surface area (Å²) in [7, 11) is 0. The van der Waals surface area contributed by atoms with E-state index in [0.29, 0.717) is 23.9 Å². The van der Waals surface area contributed by atoms with Crippen LogP contribution in [0.25, 0.3) is 50.0 Å². The van der Waals surface area contributed by atoms with E-state index in [1.54, 1.807) is 6.08 Å². The fourth-order valence-corrected chi connectivity index (χ4v) is 6.70. The van der Waals surface area contributed by atoms with Gasteiger partial charge in [-0.25, -0.2) is 15.0 Å². The van der Waals surface area contributed by atoms with Gasteiger partial charge in [0.1, 0.15) is 5.82 Å². The van der Waals surface area contributed by atoms with E-state index in [9.17, 15) is 0 Å². The van der Waals surface area contributed by atoms with Crippen LogP contribution >= 0.6 is 0 Å². The molecule has 4 aromatic carbocycles. The van der Waals surface area contributed by atoms with Gasteiger partial charge >= 0.3 is 0 Å². The van der Waals surface area contributed by atoms with E-state index in [2.05, 4.69) is 135 Å². The summed E-state index contributed by atoms with van der Waals surface area (Å²) in [5, 5.41) is 2.27. The van der Waals surface area contributed by atoms with Gasteiger partial charge in [-0.15, -0.1) is 13.2 Å². The van der Waals surface area contributed by atoms with Gasteiger partial charge in [-0.3, -0.25) is 0 Å². The summed E-state index contributed by atoms with van der Waals surface area (Å²) < 4.78 is 0. The van der Waals surface area contributed by atoms with E-state index in [1.165, 1.54) is 22.3 Å². The van der Waals surface area contributed by atoms with Crippen molar-refractivity contribution in [2.24, 2.45) is 0 Å².